The lowest BCUT2D eigenvalue weighted by molar-refractivity contribution is -0.143. The van der Waals surface area contributed by atoms with Crippen LogP contribution >= 0.6 is 0 Å². The van der Waals surface area contributed by atoms with E-state index in [4.69, 9.17) is 9.63 Å². The van der Waals surface area contributed by atoms with Crippen LogP contribution in [0.25, 0.3) is 0 Å². The molecule has 1 aromatic rings. The Labute approximate surface area is 117 Å². The van der Waals surface area contributed by atoms with Gasteiger partial charge in [0.2, 0.25) is 5.91 Å². The van der Waals surface area contributed by atoms with Crippen LogP contribution in [0.15, 0.2) is 4.52 Å². The van der Waals surface area contributed by atoms with Gasteiger partial charge in [-0.3, -0.25) is 9.59 Å². The predicted molar refractivity (Wildman–Crippen MR) is 71.2 cm³/mol. The predicted octanol–water partition coefficient (Wildman–Crippen LogP) is 1.59. The van der Waals surface area contributed by atoms with Crippen molar-refractivity contribution >= 4 is 11.9 Å². The van der Waals surface area contributed by atoms with E-state index in [1.807, 2.05) is 0 Å². The van der Waals surface area contributed by atoms with Crippen LogP contribution < -0.4 is 5.32 Å². The number of hydrogen-bond acceptors (Lipinski definition) is 4. The molecule has 2 N–H and O–H groups in total. The van der Waals surface area contributed by atoms with E-state index < -0.39 is 5.97 Å². The highest BCUT2D eigenvalue weighted by Gasteiger charge is 2.28. The molecular weight excluding hydrogens is 260 g/mol. The Kier molecular flexibility index (Phi) is 4.42. The molecule has 110 valence electrons. The Morgan fingerprint density at radius 2 is 2.15 bits per heavy atom. The Hall–Kier alpha value is -1.85. The van der Waals surface area contributed by atoms with Crippen molar-refractivity contribution in [1.82, 2.24) is 10.5 Å². The molecule has 1 aliphatic rings. The molecule has 2 atom stereocenters. The second-order valence-electron chi connectivity index (χ2n) is 5.45. The first-order valence-electron chi connectivity index (χ1n) is 6.91. The van der Waals surface area contributed by atoms with Crippen LogP contribution in [-0.2, 0) is 16.0 Å². The van der Waals surface area contributed by atoms with E-state index >= 15 is 0 Å². The second kappa shape index (κ2) is 6.07. The summed E-state index contributed by atoms with van der Waals surface area (Å²) in [4.78, 5) is 23.0. The molecule has 6 heteroatoms. The van der Waals surface area contributed by atoms with E-state index in [2.05, 4.69) is 10.5 Å². The van der Waals surface area contributed by atoms with Crippen LogP contribution in [0, 0.1) is 19.8 Å². The van der Waals surface area contributed by atoms with Gasteiger partial charge in [0.25, 0.3) is 0 Å². The van der Waals surface area contributed by atoms with Gasteiger partial charge in [0.05, 0.1) is 18.0 Å². The smallest absolute Gasteiger partial charge is 0.306 e. The summed E-state index contributed by atoms with van der Waals surface area (Å²) >= 11 is 0. The molecule has 0 aliphatic heterocycles. The number of aromatic nitrogens is 1. The van der Waals surface area contributed by atoms with Gasteiger partial charge in [-0.05, 0) is 33.1 Å². The van der Waals surface area contributed by atoms with Crippen molar-refractivity contribution in [2.45, 2.75) is 52.0 Å². The molecule has 1 amide bonds. The summed E-state index contributed by atoms with van der Waals surface area (Å²) in [6.45, 7) is 3.59. The van der Waals surface area contributed by atoms with Gasteiger partial charge in [-0.15, -0.1) is 0 Å². The Bertz CT molecular complexity index is 490. The molecule has 1 aliphatic carbocycles. The first kappa shape index (κ1) is 14.6. The number of nitrogens with zero attached hydrogens (tertiary/aromatic N) is 1. The van der Waals surface area contributed by atoms with E-state index in [9.17, 15) is 9.59 Å². The molecule has 0 radical (unpaired) electrons. The number of carboxylic acid groups (broad SMARTS) is 1. The first-order chi connectivity index (χ1) is 9.47. The summed E-state index contributed by atoms with van der Waals surface area (Å²) in [6.07, 6.45) is 3.13. The lowest BCUT2D eigenvalue weighted by atomic mass is 9.85. The van der Waals surface area contributed by atoms with Gasteiger partial charge in [0.15, 0.2) is 0 Å². The molecule has 1 heterocycles. The number of rotatable bonds is 4. The zero-order valence-electron chi connectivity index (χ0n) is 11.8. The largest absolute Gasteiger partial charge is 0.481 e. The minimum absolute atomic E-state index is 0.0437. The van der Waals surface area contributed by atoms with Gasteiger partial charge < -0.3 is 14.9 Å². The average molecular weight is 280 g/mol. The molecular formula is C14H20N2O4. The number of amides is 1. The minimum Gasteiger partial charge on any atom is -0.481 e. The summed E-state index contributed by atoms with van der Waals surface area (Å²) in [6, 6.07) is -0.0437. The quantitative estimate of drug-likeness (QED) is 0.873. The van der Waals surface area contributed by atoms with Gasteiger partial charge in [-0.25, -0.2) is 0 Å². The summed E-state index contributed by atoms with van der Waals surface area (Å²) < 4.78 is 5.03. The maximum absolute atomic E-state index is 12.0. The number of carbonyl (C=O) groups is 2. The van der Waals surface area contributed by atoms with Gasteiger partial charge >= 0.3 is 5.97 Å². The zero-order chi connectivity index (χ0) is 14.7. The Balaban J connectivity index is 1.90. The molecule has 2 rings (SSSR count). The van der Waals surface area contributed by atoms with Crippen molar-refractivity contribution in [3.63, 3.8) is 0 Å². The average Bonchev–Trinajstić information content (AvgIpc) is 2.71. The topological polar surface area (TPSA) is 92.4 Å². The molecule has 1 fully saturated rings. The summed E-state index contributed by atoms with van der Waals surface area (Å²) in [7, 11) is 0. The molecule has 20 heavy (non-hydrogen) atoms. The van der Waals surface area contributed by atoms with Crippen molar-refractivity contribution in [2.24, 2.45) is 5.92 Å². The standard InChI is InChI=1S/C14H20N2O4/c1-8-12(9(2)20-16-8)7-13(17)15-11-5-3-4-10(6-11)14(18)19/h10-11H,3-7H2,1-2H3,(H,15,17)(H,18,19). The lowest BCUT2D eigenvalue weighted by Crippen LogP contribution is -2.40. The monoisotopic (exact) mass is 280 g/mol. The van der Waals surface area contributed by atoms with Crippen molar-refractivity contribution < 1.29 is 19.2 Å². The third kappa shape index (κ3) is 3.37. The molecule has 2 unspecified atom stereocenters. The van der Waals surface area contributed by atoms with Crippen LogP contribution in [0.5, 0.6) is 0 Å². The van der Waals surface area contributed by atoms with Gasteiger partial charge in [0, 0.05) is 11.6 Å². The van der Waals surface area contributed by atoms with E-state index in [0.717, 1.165) is 24.1 Å². The van der Waals surface area contributed by atoms with E-state index in [1.54, 1.807) is 13.8 Å². The van der Waals surface area contributed by atoms with Crippen molar-refractivity contribution in [3.05, 3.63) is 17.0 Å². The molecule has 0 spiro atoms. The fourth-order valence-corrected chi connectivity index (χ4v) is 2.74. The zero-order valence-corrected chi connectivity index (χ0v) is 11.8. The van der Waals surface area contributed by atoms with Crippen LogP contribution in [-0.4, -0.2) is 28.2 Å². The lowest BCUT2D eigenvalue weighted by Gasteiger charge is -2.27. The van der Waals surface area contributed by atoms with E-state index in [0.29, 0.717) is 18.6 Å². The van der Waals surface area contributed by atoms with Crippen molar-refractivity contribution in [3.8, 4) is 0 Å². The fourth-order valence-electron chi connectivity index (χ4n) is 2.74. The minimum atomic E-state index is -0.769. The van der Waals surface area contributed by atoms with E-state index in [-0.39, 0.29) is 24.3 Å². The van der Waals surface area contributed by atoms with Gasteiger partial charge in [-0.1, -0.05) is 11.6 Å². The van der Waals surface area contributed by atoms with Crippen molar-refractivity contribution in [2.75, 3.05) is 0 Å². The van der Waals surface area contributed by atoms with Crippen LogP contribution in [0.4, 0.5) is 0 Å². The molecule has 0 saturated heterocycles. The number of hydrogen-bond donors (Lipinski definition) is 2. The number of carbonyl (C=O) groups excluding carboxylic acids is 1. The summed E-state index contributed by atoms with van der Waals surface area (Å²) in [5.41, 5.74) is 1.54. The molecule has 1 saturated carbocycles. The highest BCUT2D eigenvalue weighted by molar-refractivity contribution is 5.79. The SMILES string of the molecule is Cc1noc(C)c1CC(=O)NC1CCCC(C(=O)O)C1. The van der Waals surface area contributed by atoms with Crippen LogP contribution in [0.3, 0.4) is 0 Å². The Morgan fingerprint density at radius 1 is 1.40 bits per heavy atom. The maximum atomic E-state index is 12.0. The molecule has 6 nitrogen and oxygen atoms in total. The third-order valence-corrected chi connectivity index (χ3v) is 3.91. The Morgan fingerprint density at radius 3 is 2.75 bits per heavy atom. The molecule has 1 aromatic heterocycles. The number of aliphatic carboxylic acids is 1. The number of carboxylic acids is 1. The van der Waals surface area contributed by atoms with Crippen LogP contribution in [0.1, 0.15) is 42.7 Å². The third-order valence-electron chi connectivity index (χ3n) is 3.91. The van der Waals surface area contributed by atoms with Crippen molar-refractivity contribution in [1.29, 1.82) is 0 Å². The normalized spacial score (nSPS) is 22.5. The highest BCUT2D eigenvalue weighted by atomic mass is 16.5. The molecule has 0 aromatic carbocycles. The summed E-state index contributed by atoms with van der Waals surface area (Å²) in [5, 5.41) is 15.8. The van der Waals surface area contributed by atoms with Gasteiger partial charge in [-0.2, -0.15) is 0 Å². The number of nitrogens with one attached hydrogen (secondary N) is 1. The first-order valence-corrected chi connectivity index (χ1v) is 6.91. The fraction of sp³-hybridized carbons (Fsp3) is 0.643. The molecule has 0 bridgehead atoms. The number of aryl methyl sites for hydroxylation is 2. The van der Waals surface area contributed by atoms with Crippen LogP contribution in [0.2, 0.25) is 0 Å². The van der Waals surface area contributed by atoms with E-state index in [1.165, 1.54) is 0 Å². The summed E-state index contributed by atoms with van der Waals surface area (Å²) in [5.74, 6) is -0.553. The highest BCUT2D eigenvalue weighted by Crippen LogP contribution is 2.24. The maximum Gasteiger partial charge on any atom is 0.306 e. The second-order valence-corrected chi connectivity index (χ2v) is 5.45. The van der Waals surface area contributed by atoms with Gasteiger partial charge in [0.1, 0.15) is 5.76 Å².